The molecule has 0 saturated carbocycles. The van der Waals surface area contributed by atoms with Gasteiger partial charge in [-0.15, -0.1) is 0 Å². The highest BCUT2D eigenvalue weighted by molar-refractivity contribution is 5.43. The third-order valence-electron chi connectivity index (χ3n) is 3.46. The Kier molecular flexibility index (Phi) is 3.13. The molecule has 0 unspecified atom stereocenters. The van der Waals surface area contributed by atoms with Crippen molar-refractivity contribution in [2.75, 3.05) is 20.8 Å². The fourth-order valence-corrected chi connectivity index (χ4v) is 2.49. The zero-order chi connectivity index (χ0) is 13.2. The Morgan fingerprint density at radius 3 is 2.58 bits per heavy atom. The van der Waals surface area contributed by atoms with E-state index in [9.17, 15) is 0 Å². The number of benzene rings is 1. The lowest BCUT2D eigenvalue weighted by atomic mass is 9.97. The van der Waals surface area contributed by atoms with Gasteiger partial charge in [0, 0.05) is 24.7 Å². The van der Waals surface area contributed by atoms with Crippen molar-refractivity contribution >= 4 is 0 Å². The first-order valence-electron chi connectivity index (χ1n) is 6.30. The van der Waals surface area contributed by atoms with E-state index in [0.29, 0.717) is 0 Å². The maximum absolute atomic E-state index is 5.32. The molecule has 19 heavy (non-hydrogen) atoms. The number of hydrogen-bond acceptors (Lipinski definition) is 4. The molecule has 0 spiro atoms. The predicted molar refractivity (Wildman–Crippen MR) is 71.7 cm³/mol. The van der Waals surface area contributed by atoms with E-state index in [4.69, 9.17) is 9.47 Å². The van der Waals surface area contributed by atoms with Gasteiger partial charge in [-0.1, -0.05) is 0 Å². The van der Waals surface area contributed by atoms with Crippen LogP contribution in [-0.4, -0.2) is 30.7 Å². The van der Waals surface area contributed by atoms with Crippen LogP contribution in [0.2, 0.25) is 0 Å². The molecule has 2 N–H and O–H groups in total. The number of imidazole rings is 1. The zero-order valence-corrected chi connectivity index (χ0v) is 11.1. The van der Waals surface area contributed by atoms with Gasteiger partial charge in [-0.25, -0.2) is 4.98 Å². The quantitative estimate of drug-likeness (QED) is 0.880. The number of methoxy groups -OCH3 is 2. The Morgan fingerprint density at radius 2 is 1.89 bits per heavy atom. The van der Waals surface area contributed by atoms with Crippen molar-refractivity contribution in [3.05, 3.63) is 41.5 Å². The first kappa shape index (κ1) is 12.0. The lowest BCUT2D eigenvalue weighted by Crippen LogP contribution is -2.30. The van der Waals surface area contributed by atoms with Gasteiger partial charge in [0.05, 0.1) is 32.3 Å². The zero-order valence-electron chi connectivity index (χ0n) is 11.1. The molecule has 5 nitrogen and oxygen atoms in total. The van der Waals surface area contributed by atoms with Crippen LogP contribution in [0.25, 0.3) is 0 Å². The maximum atomic E-state index is 5.32. The molecule has 5 heteroatoms. The van der Waals surface area contributed by atoms with E-state index < -0.39 is 0 Å². The minimum Gasteiger partial charge on any atom is -0.497 e. The lowest BCUT2D eigenvalue weighted by molar-refractivity contribution is 0.392. The van der Waals surface area contributed by atoms with Gasteiger partial charge >= 0.3 is 0 Å². The van der Waals surface area contributed by atoms with Crippen molar-refractivity contribution in [1.82, 2.24) is 15.3 Å². The van der Waals surface area contributed by atoms with Crippen LogP contribution in [0.3, 0.4) is 0 Å². The minimum absolute atomic E-state index is 0.0824. The summed E-state index contributed by atoms with van der Waals surface area (Å²) in [5.41, 5.74) is 3.36. The number of hydrogen-bond donors (Lipinski definition) is 2. The summed E-state index contributed by atoms with van der Waals surface area (Å²) in [5.74, 6) is 1.58. The number of nitrogens with zero attached hydrogens (tertiary/aromatic N) is 1. The highest BCUT2D eigenvalue weighted by atomic mass is 16.5. The van der Waals surface area contributed by atoms with E-state index in [-0.39, 0.29) is 6.04 Å². The number of rotatable bonds is 3. The number of ether oxygens (including phenoxy) is 2. The van der Waals surface area contributed by atoms with Crippen LogP contribution in [0.4, 0.5) is 0 Å². The molecule has 0 radical (unpaired) electrons. The van der Waals surface area contributed by atoms with Gasteiger partial charge in [-0.3, -0.25) is 0 Å². The predicted octanol–water partition coefficient (Wildman–Crippen LogP) is 1.66. The summed E-state index contributed by atoms with van der Waals surface area (Å²) in [6.45, 7) is 0.930. The molecule has 100 valence electrons. The highest BCUT2D eigenvalue weighted by Gasteiger charge is 2.24. The molecular formula is C14H17N3O2. The fraction of sp³-hybridized carbons (Fsp3) is 0.357. The van der Waals surface area contributed by atoms with Crippen LogP contribution in [0.1, 0.15) is 23.0 Å². The van der Waals surface area contributed by atoms with Crippen LogP contribution in [-0.2, 0) is 6.42 Å². The lowest BCUT2D eigenvalue weighted by Gasteiger charge is -2.24. The normalized spacial score (nSPS) is 17.9. The Labute approximate surface area is 112 Å². The van der Waals surface area contributed by atoms with E-state index in [1.807, 2.05) is 18.2 Å². The molecule has 1 aliphatic heterocycles. The molecule has 0 fully saturated rings. The van der Waals surface area contributed by atoms with Gasteiger partial charge in [-0.05, 0) is 17.7 Å². The number of fused-ring (bicyclic) bond motifs is 1. The van der Waals surface area contributed by atoms with Crippen molar-refractivity contribution < 1.29 is 9.47 Å². The summed E-state index contributed by atoms with van der Waals surface area (Å²) in [6.07, 6.45) is 2.73. The summed E-state index contributed by atoms with van der Waals surface area (Å²) >= 11 is 0. The van der Waals surface area contributed by atoms with Gasteiger partial charge in [0.2, 0.25) is 0 Å². The molecule has 3 rings (SSSR count). The molecule has 1 aromatic heterocycles. The minimum atomic E-state index is 0.0824. The Balaban J connectivity index is 2.03. The summed E-state index contributed by atoms with van der Waals surface area (Å²) in [4.78, 5) is 7.63. The molecular weight excluding hydrogens is 242 g/mol. The largest absolute Gasteiger partial charge is 0.497 e. The topological polar surface area (TPSA) is 59.2 Å². The Morgan fingerprint density at radius 1 is 1.16 bits per heavy atom. The molecule has 0 amide bonds. The highest BCUT2D eigenvalue weighted by Crippen LogP contribution is 2.31. The molecule has 2 aromatic rings. The standard InChI is InChI=1S/C14H17N3O2/c1-18-10-5-9(6-11(7-10)19-2)13-14-12(3-4-15-13)16-8-17-14/h5-8,13,15H,3-4H2,1-2H3,(H,16,17)/t13-/m0/s1. The SMILES string of the molecule is COc1cc(OC)cc([C@@H]2NCCc3[nH]cnc32)c1. The summed E-state index contributed by atoms with van der Waals surface area (Å²) in [7, 11) is 3.32. The van der Waals surface area contributed by atoms with Crippen molar-refractivity contribution in [1.29, 1.82) is 0 Å². The molecule has 0 saturated heterocycles. The van der Waals surface area contributed by atoms with E-state index in [0.717, 1.165) is 35.7 Å². The van der Waals surface area contributed by atoms with Gasteiger partial charge in [0.25, 0.3) is 0 Å². The summed E-state index contributed by atoms with van der Waals surface area (Å²) in [6, 6.07) is 5.99. The van der Waals surface area contributed by atoms with E-state index >= 15 is 0 Å². The second kappa shape index (κ2) is 4.93. The summed E-state index contributed by atoms with van der Waals surface area (Å²) in [5, 5.41) is 3.49. The van der Waals surface area contributed by atoms with Gasteiger partial charge in [0.15, 0.2) is 0 Å². The van der Waals surface area contributed by atoms with Crippen LogP contribution in [0.15, 0.2) is 24.5 Å². The van der Waals surface area contributed by atoms with Crippen molar-refractivity contribution in [2.24, 2.45) is 0 Å². The second-order valence-electron chi connectivity index (χ2n) is 4.55. The molecule has 1 atom stereocenters. The van der Waals surface area contributed by atoms with Crippen molar-refractivity contribution in [2.45, 2.75) is 12.5 Å². The average Bonchev–Trinajstić information content (AvgIpc) is 2.94. The van der Waals surface area contributed by atoms with Gasteiger partial charge in [-0.2, -0.15) is 0 Å². The van der Waals surface area contributed by atoms with Crippen LogP contribution < -0.4 is 14.8 Å². The molecule has 0 bridgehead atoms. The fourth-order valence-electron chi connectivity index (χ4n) is 2.49. The number of H-pyrrole nitrogens is 1. The van der Waals surface area contributed by atoms with Gasteiger partial charge < -0.3 is 19.8 Å². The van der Waals surface area contributed by atoms with Crippen LogP contribution in [0, 0.1) is 0 Å². The van der Waals surface area contributed by atoms with Crippen molar-refractivity contribution in [3.8, 4) is 11.5 Å². The van der Waals surface area contributed by atoms with E-state index in [2.05, 4.69) is 15.3 Å². The first-order valence-corrected chi connectivity index (χ1v) is 6.30. The van der Waals surface area contributed by atoms with Crippen LogP contribution in [0.5, 0.6) is 11.5 Å². The third kappa shape index (κ3) is 2.17. The maximum Gasteiger partial charge on any atom is 0.122 e. The Bertz CT molecular complexity index is 558. The van der Waals surface area contributed by atoms with Crippen molar-refractivity contribution in [3.63, 3.8) is 0 Å². The Hall–Kier alpha value is -2.01. The van der Waals surface area contributed by atoms with E-state index in [1.54, 1.807) is 20.5 Å². The number of aromatic nitrogens is 2. The smallest absolute Gasteiger partial charge is 0.122 e. The molecule has 0 aliphatic carbocycles. The first-order chi connectivity index (χ1) is 9.31. The van der Waals surface area contributed by atoms with E-state index in [1.165, 1.54) is 5.69 Å². The number of aromatic amines is 1. The number of nitrogens with one attached hydrogen (secondary N) is 2. The summed E-state index contributed by atoms with van der Waals surface area (Å²) < 4.78 is 10.6. The molecule has 1 aromatic carbocycles. The second-order valence-corrected chi connectivity index (χ2v) is 4.55. The molecule has 2 heterocycles. The molecule has 1 aliphatic rings. The monoisotopic (exact) mass is 259 g/mol. The van der Waals surface area contributed by atoms with Gasteiger partial charge in [0.1, 0.15) is 11.5 Å². The average molecular weight is 259 g/mol. The third-order valence-corrected chi connectivity index (χ3v) is 3.46. The van der Waals surface area contributed by atoms with Crippen LogP contribution >= 0.6 is 0 Å².